The molecule has 2 aliphatic heterocycles. The Labute approximate surface area is 199 Å². The van der Waals surface area contributed by atoms with E-state index in [-0.39, 0.29) is 24.2 Å². The molecule has 1 fully saturated rings. The van der Waals surface area contributed by atoms with E-state index >= 15 is 0 Å². The number of hydrogen-bond donors (Lipinski definition) is 1. The number of hydrogen-bond acceptors (Lipinski definition) is 5. The second kappa shape index (κ2) is 9.71. The lowest BCUT2D eigenvalue weighted by molar-refractivity contribution is -0.121. The summed E-state index contributed by atoms with van der Waals surface area (Å²) < 4.78 is 13.1. The Morgan fingerprint density at radius 3 is 2.59 bits per heavy atom. The van der Waals surface area contributed by atoms with Gasteiger partial charge in [0.1, 0.15) is 11.6 Å². The lowest BCUT2D eigenvalue weighted by Crippen LogP contribution is -2.30. The van der Waals surface area contributed by atoms with E-state index in [1.165, 1.54) is 31.4 Å². The molecule has 7 heteroatoms. The van der Waals surface area contributed by atoms with Crippen LogP contribution < -0.4 is 10.2 Å². The molecular weight excluding hydrogens is 429 g/mol. The summed E-state index contributed by atoms with van der Waals surface area (Å²) in [5.74, 6) is 0.609. The highest BCUT2D eigenvalue weighted by molar-refractivity contribution is 6.14. The maximum Gasteiger partial charge on any atom is 0.226 e. The fourth-order valence-corrected chi connectivity index (χ4v) is 4.61. The van der Waals surface area contributed by atoms with Gasteiger partial charge in [0.25, 0.3) is 0 Å². The van der Waals surface area contributed by atoms with Crippen LogP contribution in [0.5, 0.6) is 0 Å². The second-order valence-corrected chi connectivity index (χ2v) is 8.97. The number of anilines is 1. The van der Waals surface area contributed by atoms with Gasteiger partial charge < -0.3 is 10.2 Å². The molecule has 2 aromatic heterocycles. The molecule has 1 saturated heterocycles. The highest BCUT2D eigenvalue weighted by Crippen LogP contribution is 2.25. The SMILES string of the molecule is C[C@@H](NC(=O)Cc1cc2c(cn1)C(c1ccc(N3CCCCC3)nc1)=NC2)c1ccc(F)cc1. The number of carbonyl (C=O) groups excluding carboxylic acids is 1. The van der Waals surface area contributed by atoms with Gasteiger partial charge in [-0.2, -0.15) is 0 Å². The number of halogens is 1. The van der Waals surface area contributed by atoms with Crippen LogP contribution in [0.15, 0.2) is 59.9 Å². The summed E-state index contributed by atoms with van der Waals surface area (Å²) in [4.78, 5) is 28.8. The van der Waals surface area contributed by atoms with Gasteiger partial charge >= 0.3 is 0 Å². The number of carbonyl (C=O) groups is 1. The van der Waals surface area contributed by atoms with Crippen molar-refractivity contribution in [2.75, 3.05) is 18.0 Å². The first-order valence-electron chi connectivity index (χ1n) is 11.9. The van der Waals surface area contributed by atoms with E-state index in [2.05, 4.69) is 32.3 Å². The maximum atomic E-state index is 13.1. The van der Waals surface area contributed by atoms with Crippen molar-refractivity contribution in [3.05, 3.63) is 88.6 Å². The summed E-state index contributed by atoms with van der Waals surface area (Å²) in [5.41, 5.74) is 5.52. The van der Waals surface area contributed by atoms with Gasteiger partial charge in [0.05, 0.1) is 30.4 Å². The second-order valence-electron chi connectivity index (χ2n) is 8.97. The molecule has 174 valence electrons. The topological polar surface area (TPSA) is 70.5 Å². The van der Waals surface area contributed by atoms with E-state index in [9.17, 15) is 9.18 Å². The van der Waals surface area contributed by atoms with Gasteiger partial charge in [-0.3, -0.25) is 14.8 Å². The monoisotopic (exact) mass is 457 g/mol. The normalized spacial score (nSPS) is 16.1. The average molecular weight is 458 g/mol. The Morgan fingerprint density at radius 1 is 1.06 bits per heavy atom. The van der Waals surface area contributed by atoms with Gasteiger partial charge in [0.2, 0.25) is 5.91 Å². The van der Waals surface area contributed by atoms with Crippen molar-refractivity contribution in [1.82, 2.24) is 15.3 Å². The summed E-state index contributed by atoms with van der Waals surface area (Å²) in [7, 11) is 0. The van der Waals surface area contributed by atoms with Crippen molar-refractivity contribution in [2.24, 2.45) is 4.99 Å². The van der Waals surface area contributed by atoms with Gasteiger partial charge in [-0.25, -0.2) is 9.37 Å². The zero-order valence-corrected chi connectivity index (χ0v) is 19.3. The van der Waals surface area contributed by atoms with Gasteiger partial charge in [-0.05, 0) is 67.6 Å². The smallest absolute Gasteiger partial charge is 0.226 e. The number of pyridine rings is 2. The highest BCUT2D eigenvalue weighted by atomic mass is 19.1. The molecule has 5 rings (SSSR count). The van der Waals surface area contributed by atoms with E-state index in [0.29, 0.717) is 12.2 Å². The first-order valence-corrected chi connectivity index (χ1v) is 11.9. The summed E-state index contributed by atoms with van der Waals surface area (Å²) in [6.45, 7) is 4.59. The largest absolute Gasteiger partial charge is 0.357 e. The lowest BCUT2D eigenvalue weighted by Gasteiger charge is -2.27. The van der Waals surface area contributed by atoms with Gasteiger partial charge in [0, 0.05) is 36.6 Å². The van der Waals surface area contributed by atoms with Gasteiger partial charge in [-0.15, -0.1) is 0 Å². The number of nitrogens with zero attached hydrogens (tertiary/aromatic N) is 4. The Hall–Kier alpha value is -3.61. The summed E-state index contributed by atoms with van der Waals surface area (Å²) in [6, 6.07) is 12.1. The minimum atomic E-state index is -0.292. The van der Waals surface area contributed by atoms with Crippen LogP contribution in [-0.2, 0) is 17.8 Å². The lowest BCUT2D eigenvalue weighted by atomic mass is 10.0. The van der Waals surface area contributed by atoms with Crippen LogP contribution in [0.3, 0.4) is 0 Å². The van der Waals surface area contributed by atoms with Crippen LogP contribution in [0.25, 0.3) is 0 Å². The molecule has 0 saturated carbocycles. The van der Waals surface area contributed by atoms with E-state index < -0.39 is 0 Å². The standard InChI is InChI=1S/C27H28FN5O/c1-18(19-5-8-22(28)9-6-19)32-26(34)14-23-13-21-16-31-27(24(21)17-29-23)20-7-10-25(30-15-20)33-11-3-2-4-12-33/h5-10,13,15,17-18H,2-4,11-12,14,16H2,1H3,(H,32,34)/t18-/m1/s1. The Balaban J connectivity index is 1.23. The fourth-order valence-electron chi connectivity index (χ4n) is 4.61. The third-order valence-corrected chi connectivity index (χ3v) is 6.50. The Bertz CT molecular complexity index is 1200. The van der Waals surface area contributed by atoms with Crippen LogP contribution in [0.4, 0.5) is 10.2 Å². The molecule has 0 bridgehead atoms. The molecule has 34 heavy (non-hydrogen) atoms. The van der Waals surface area contributed by atoms with Crippen molar-refractivity contribution >= 4 is 17.4 Å². The van der Waals surface area contributed by atoms with Crippen LogP contribution in [0, 0.1) is 5.82 Å². The third-order valence-electron chi connectivity index (χ3n) is 6.50. The molecule has 1 atom stereocenters. The number of rotatable bonds is 6. The Morgan fingerprint density at radius 2 is 1.85 bits per heavy atom. The molecule has 1 aromatic carbocycles. The number of piperidine rings is 1. The van der Waals surface area contributed by atoms with E-state index in [1.807, 2.05) is 25.4 Å². The molecule has 0 spiro atoms. The number of aromatic nitrogens is 2. The van der Waals surface area contributed by atoms with E-state index in [0.717, 1.165) is 46.9 Å². The maximum absolute atomic E-state index is 13.1. The highest BCUT2D eigenvalue weighted by Gasteiger charge is 2.21. The average Bonchev–Trinajstić information content (AvgIpc) is 3.28. The molecule has 6 nitrogen and oxygen atoms in total. The van der Waals surface area contributed by atoms with Crippen molar-refractivity contribution in [1.29, 1.82) is 0 Å². The minimum absolute atomic E-state index is 0.124. The minimum Gasteiger partial charge on any atom is -0.357 e. The van der Waals surface area contributed by atoms with Crippen molar-refractivity contribution in [3.8, 4) is 0 Å². The van der Waals surface area contributed by atoms with Crippen molar-refractivity contribution in [2.45, 2.75) is 45.2 Å². The molecule has 4 heterocycles. The molecule has 1 amide bonds. The number of amides is 1. The third kappa shape index (κ3) is 4.83. The molecule has 1 N–H and O–H groups in total. The number of benzene rings is 1. The van der Waals surface area contributed by atoms with Crippen LogP contribution in [-0.4, -0.2) is 34.7 Å². The van der Waals surface area contributed by atoms with Crippen molar-refractivity contribution in [3.63, 3.8) is 0 Å². The summed E-state index contributed by atoms with van der Waals surface area (Å²) in [6.07, 6.45) is 7.63. The van der Waals surface area contributed by atoms with Gasteiger partial charge in [-0.1, -0.05) is 12.1 Å². The van der Waals surface area contributed by atoms with Crippen LogP contribution >= 0.6 is 0 Å². The predicted octanol–water partition coefficient (Wildman–Crippen LogP) is 4.38. The van der Waals surface area contributed by atoms with Crippen molar-refractivity contribution < 1.29 is 9.18 Å². The molecule has 0 radical (unpaired) electrons. The number of aliphatic imine (C=N–C) groups is 1. The molecular formula is C27H28FN5O. The van der Waals surface area contributed by atoms with Crippen LogP contribution in [0.1, 0.15) is 60.2 Å². The first-order chi connectivity index (χ1) is 16.6. The Kier molecular flexibility index (Phi) is 6.34. The molecule has 0 aliphatic carbocycles. The van der Waals surface area contributed by atoms with E-state index in [4.69, 9.17) is 4.99 Å². The molecule has 3 aromatic rings. The zero-order chi connectivity index (χ0) is 23.5. The zero-order valence-electron chi connectivity index (χ0n) is 19.3. The quantitative estimate of drug-likeness (QED) is 0.597. The molecule has 0 unspecified atom stereocenters. The van der Waals surface area contributed by atoms with Gasteiger partial charge in [0.15, 0.2) is 0 Å². The van der Waals surface area contributed by atoms with Crippen LogP contribution in [0.2, 0.25) is 0 Å². The summed E-state index contributed by atoms with van der Waals surface area (Å²) in [5, 5.41) is 2.96. The summed E-state index contributed by atoms with van der Waals surface area (Å²) >= 11 is 0. The fraction of sp³-hybridized carbons (Fsp3) is 0.333. The van der Waals surface area contributed by atoms with E-state index in [1.54, 1.807) is 12.1 Å². The first kappa shape index (κ1) is 22.2. The number of nitrogens with one attached hydrogen (secondary N) is 1. The number of fused-ring (bicyclic) bond motifs is 1. The predicted molar refractivity (Wildman–Crippen MR) is 131 cm³/mol. The molecule has 2 aliphatic rings.